The van der Waals surface area contributed by atoms with Crippen LogP contribution < -0.4 is 10.1 Å². The van der Waals surface area contributed by atoms with Crippen LogP contribution in [0, 0.1) is 0 Å². The lowest BCUT2D eigenvalue weighted by atomic mass is 10.1. The number of rotatable bonds is 7. The van der Waals surface area contributed by atoms with Gasteiger partial charge in [0.05, 0.1) is 10.8 Å². The molecule has 3 rings (SSSR count). The second kappa shape index (κ2) is 9.09. The third-order valence-electron chi connectivity index (χ3n) is 4.10. The number of aromatic nitrogens is 4. The summed E-state index contributed by atoms with van der Waals surface area (Å²) in [6.07, 6.45) is 0. The van der Waals surface area contributed by atoms with Crippen LogP contribution in [0.2, 0.25) is 0 Å². The Labute approximate surface area is 174 Å². The monoisotopic (exact) mass is 411 g/mol. The lowest BCUT2D eigenvalue weighted by Crippen LogP contribution is -2.27. The van der Waals surface area contributed by atoms with Gasteiger partial charge in [-0.15, -0.1) is 5.10 Å². The molecule has 0 aliphatic carbocycles. The van der Waals surface area contributed by atoms with E-state index in [4.69, 9.17) is 4.74 Å². The van der Waals surface area contributed by atoms with Crippen molar-refractivity contribution in [2.24, 2.45) is 0 Å². The topological polar surface area (TPSA) is 81.9 Å². The number of benzene rings is 2. The summed E-state index contributed by atoms with van der Waals surface area (Å²) in [5.41, 5.74) is 1.57. The van der Waals surface area contributed by atoms with Gasteiger partial charge in [-0.05, 0) is 68.0 Å². The highest BCUT2D eigenvalue weighted by Crippen LogP contribution is 2.26. The van der Waals surface area contributed by atoms with Crippen LogP contribution in [0.5, 0.6) is 5.75 Å². The Bertz CT molecular complexity index is 936. The quantitative estimate of drug-likeness (QED) is 0.589. The van der Waals surface area contributed by atoms with Crippen molar-refractivity contribution in [1.82, 2.24) is 20.2 Å². The van der Waals surface area contributed by atoms with Gasteiger partial charge in [-0.1, -0.05) is 42.1 Å². The molecular weight excluding hydrogens is 386 g/mol. The predicted octanol–water partition coefficient (Wildman–Crippen LogP) is 4.13. The molecule has 8 heteroatoms. The molecule has 7 nitrogen and oxygen atoms in total. The van der Waals surface area contributed by atoms with E-state index >= 15 is 0 Å². The summed E-state index contributed by atoms with van der Waals surface area (Å²) in [6, 6.07) is 17.3. The molecule has 1 atom stereocenters. The van der Waals surface area contributed by atoms with Crippen molar-refractivity contribution < 1.29 is 9.53 Å². The molecule has 2 aromatic carbocycles. The number of carbonyl (C=O) groups is 1. The molecule has 1 N–H and O–H groups in total. The number of carbonyl (C=O) groups excluding carboxylic acids is 1. The fraction of sp³-hybridized carbons (Fsp3) is 0.333. The van der Waals surface area contributed by atoms with E-state index in [0.717, 1.165) is 11.3 Å². The van der Waals surface area contributed by atoms with Crippen molar-refractivity contribution in [3.63, 3.8) is 0 Å². The van der Waals surface area contributed by atoms with Gasteiger partial charge >= 0.3 is 0 Å². The Kier molecular flexibility index (Phi) is 6.53. The van der Waals surface area contributed by atoms with Crippen molar-refractivity contribution in [3.05, 3.63) is 60.2 Å². The number of hydrogen-bond acceptors (Lipinski definition) is 6. The van der Waals surface area contributed by atoms with E-state index in [1.54, 1.807) is 4.68 Å². The van der Waals surface area contributed by atoms with Crippen molar-refractivity contribution in [2.75, 3.05) is 5.32 Å². The molecule has 0 spiro atoms. The first-order chi connectivity index (χ1) is 13.8. The summed E-state index contributed by atoms with van der Waals surface area (Å²) < 4.78 is 7.50. The molecule has 1 aromatic heterocycles. The average Bonchev–Trinajstić information content (AvgIpc) is 3.17. The number of ether oxygens (including phenoxy) is 1. The second-order valence-electron chi connectivity index (χ2n) is 7.59. The highest BCUT2D eigenvalue weighted by atomic mass is 32.2. The minimum atomic E-state index is -0.351. The molecule has 0 saturated carbocycles. The van der Waals surface area contributed by atoms with E-state index < -0.39 is 0 Å². The van der Waals surface area contributed by atoms with Gasteiger partial charge in [0.15, 0.2) is 0 Å². The van der Waals surface area contributed by atoms with Crippen LogP contribution in [0.3, 0.4) is 0 Å². The van der Waals surface area contributed by atoms with Crippen molar-refractivity contribution >= 4 is 23.4 Å². The second-order valence-corrected chi connectivity index (χ2v) is 8.90. The number of anilines is 1. The first-order valence-corrected chi connectivity index (χ1v) is 10.2. The number of hydrogen-bond donors (Lipinski definition) is 1. The predicted molar refractivity (Wildman–Crippen MR) is 114 cm³/mol. The summed E-state index contributed by atoms with van der Waals surface area (Å²) in [4.78, 5) is 12.6. The molecule has 0 saturated heterocycles. The molecule has 3 aromatic rings. The molecule has 1 unspecified atom stereocenters. The Hall–Kier alpha value is -2.87. The SMILES string of the molecule is CC(Sc1nnnn1C(C)(C)C)C(=O)Nc1ccc(OCc2ccccc2)cc1. The molecule has 29 heavy (non-hydrogen) atoms. The molecular formula is C21H25N5O2S. The van der Waals surface area contributed by atoms with Crippen molar-refractivity contribution in [1.29, 1.82) is 0 Å². The normalized spacial score (nSPS) is 12.4. The summed E-state index contributed by atoms with van der Waals surface area (Å²) >= 11 is 1.33. The van der Waals surface area contributed by atoms with Gasteiger partial charge in [0.25, 0.3) is 0 Å². The van der Waals surface area contributed by atoms with E-state index in [-0.39, 0.29) is 16.7 Å². The molecule has 0 aliphatic rings. The minimum Gasteiger partial charge on any atom is -0.489 e. The van der Waals surface area contributed by atoms with Gasteiger partial charge in [0.2, 0.25) is 11.1 Å². The third kappa shape index (κ3) is 5.80. The molecule has 0 aliphatic heterocycles. The molecule has 0 bridgehead atoms. The maximum Gasteiger partial charge on any atom is 0.237 e. The van der Waals surface area contributed by atoms with Crippen LogP contribution in [0.25, 0.3) is 0 Å². The van der Waals surface area contributed by atoms with Crippen LogP contribution in [0.1, 0.15) is 33.3 Å². The van der Waals surface area contributed by atoms with Gasteiger partial charge < -0.3 is 10.1 Å². The van der Waals surface area contributed by atoms with Gasteiger partial charge in [0, 0.05) is 5.69 Å². The maximum absolute atomic E-state index is 12.6. The van der Waals surface area contributed by atoms with Crippen molar-refractivity contribution in [2.45, 2.75) is 50.2 Å². The van der Waals surface area contributed by atoms with Gasteiger partial charge in [-0.3, -0.25) is 4.79 Å². The Morgan fingerprint density at radius 2 is 1.83 bits per heavy atom. The zero-order chi connectivity index (χ0) is 20.9. The number of nitrogens with zero attached hydrogens (tertiary/aromatic N) is 4. The Balaban J connectivity index is 1.54. The summed E-state index contributed by atoms with van der Waals surface area (Å²) in [5, 5.41) is 15.0. The highest BCUT2D eigenvalue weighted by Gasteiger charge is 2.24. The van der Waals surface area contributed by atoms with Crippen LogP contribution in [-0.2, 0) is 16.9 Å². The van der Waals surface area contributed by atoms with Crippen molar-refractivity contribution in [3.8, 4) is 5.75 Å². The van der Waals surface area contributed by atoms with Gasteiger partial charge in [-0.2, -0.15) is 0 Å². The average molecular weight is 412 g/mol. The van der Waals surface area contributed by atoms with E-state index in [0.29, 0.717) is 17.5 Å². The number of thioether (sulfide) groups is 1. The number of nitrogens with one attached hydrogen (secondary N) is 1. The summed E-state index contributed by atoms with van der Waals surface area (Å²) in [7, 11) is 0. The zero-order valence-corrected chi connectivity index (χ0v) is 17.8. The lowest BCUT2D eigenvalue weighted by molar-refractivity contribution is -0.115. The molecule has 0 fully saturated rings. The van der Waals surface area contributed by atoms with Crippen LogP contribution in [0.15, 0.2) is 59.8 Å². The summed E-state index contributed by atoms with van der Waals surface area (Å²) in [6.45, 7) is 8.38. The molecule has 1 amide bonds. The largest absolute Gasteiger partial charge is 0.489 e. The maximum atomic E-state index is 12.6. The first kappa shape index (κ1) is 20.9. The van der Waals surface area contributed by atoms with Crippen LogP contribution >= 0.6 is 11.8 Å². The van der Waals surface area contributed by atoms with Crippen LogP contribution in [0.4, 0.5) is 5.69 Å². The van der Waals surface area contributed by atoms with E-state index in [2.05, 4.69) is 20.8 Å². The Morgan fingerprint density at radius 3 is 2.48 bits per heavy atom. The smallest absolute Gasteiger partial charge is 0.237 e. The molecule has 152 valence electrons. The fourth-order valence-corrected chi connectivity index (χ4v) is 3.48. The van der Waals surface area contributed by atoms with Crippen LogP contribution in [-0.4, -0.2) is 31.4 Å². The van der Waals surface area contributed by atoms with E-state index in [1.165, 1.54) is 11.8 Å². The number of tetrazole rings is 1. The molecule has 1 heterocycles. The molecule has 0 radical (unpaired) electrons. The van der Waals surface area contributed by atoms with Gasteiger partial charge in [0.1, 0.15) is 12.4 Å². The first-order valence-electron chi connectivity index (χ1n) is 9.36. The highest BCUT2D eigenvalue weighted by molar-refractivity contribution is 8.00. The third-order valence-corrected chi connectivity index (χ3v) is 5.13. The minimum absolute atomic E-state index is 0.114. The standard InChI is InChI=1S/C21H25N5O2S/c1-15(29-20-23-24-25-26(20)21(2,3)4)19(27)22-17-10-12-18(13-11-17)28-14-16-8-6-5-7-9-16/h5-13,15H,14H2,1-4H3,(H,22,27). The zero-order valence-electron chi connectivity index (χ0n) is 17.0. The fourth-order valence-electron chi connectivity index (χ4n) is 2.50. The van der Waals surface area contributed by atoms with Gasteiger partial charge in [-0.25, -0.2) is 4.68 Å². The Morgan fingerprint density at radius 1 is 1.14 bits per heavy atom. The lowest BCUT2D eigenvalue weighted by Gasteiger charge is -2.20. The number of amides is 1. The summed E-state index contributed by atoms with van der Waals surface area (Å²) in [5.74, 6) is 0.634. The van der Waals surface area contributed by atoms with E-state index in [9.17, 15) is 4.79 Å². The van der Waals surface area contributed by atoms with E-state index in [1.807, 2.05) is 82.3 Å².